The number of hydrogen-bond donors (Lipinski definition) is 1. The summed E-state index contributed by atoms with van der Waals surface area (Å²) in [7, 11) is 0. The maximum absolute atomic E-state index is 12.1. The van der Waals surface area contributed by atoms with Crippen LogP contribution in [0.3, 0.4) is 0 Å². The number of amides is 1. The van der Waals surface area contributed by atoms with Gasteiger partial charge in [-0.1, -0.05) is 17.4 Å². The number of carbonyl (C=O) groups is 1. The number of thiazole rings is 1. The molecule has 0 spiro atoms. The van der Waals surface area contributed by atoms with E-state index in [1.807, 2.05) is 32.0 Å². The molecular weight excluding hydrogens is 298 g/mol. The van der Waals surface area contributed by atoms with Crippen molar-refractivity contribution in [1.29, 1.82) is 0 Å². The molecule has 22 heavy (non-hydrogen) atoms. The quantitative estimate of drug-likeness (QED) is 0.804. The van der Waals surface area contributed by atoms with Gasteiger partial charge in [-0.05, 0) is 26.0 Å². The lowest BCUT2D eigenvalue weighted by Crippen LogP contribution is -2.13. The van der Waals surface area contributed by atoms with Gasteiger partial charge in [0.05, 0.1) is 28.2 Å². The third-order valence-electron chi connectivity index (χ3n) is 2.93. The SMILES string of the molecule is Cc1cnc(C(=O)Nc2nc(C)c(-c3ccccn3)s2)cn1. The molecule has 3 heterocycles. The lowest BCUT2D eigenvalue weighted by Gasteiger charge is -2.00. The van der Waals surface area contributed by atoms with E-state index in [1.165, 1.54) is 17.5 Å². The molecule has 0 atom stereocenters. The molecule has 1 N–H and O–H groups in total. The summed E-state index contributed by atoms with van der Waals surface area (Å²) >= 11 is 1.39. The molecule has 0 fully saturated rings. The van der Waals surface area contributed by atoms with E-state index in [-0.39, 0.29) is 11.6 Å². The molecule has 0 unspecified atom stereocenters. The number of carbonyl (C=O) groups excluding carboxylic acids is 1. The molecule has 0 aromatic carbocycles. The van der Waals surface area contributed by atoms with E-state index in [2.05, 4.69) is 25.3 Å². The van der Waals surface area contributed by atoms with Crippen LogP contribution in [0.4, 0.5) is 5.13 Å². The molecule has 7 heteroatoms. The number of anilines is 1. The van der Waals surface area contributed by atoms with E-state index < -0.39 is 0 Å². The van der Waals surface area contributed by atoms with Crippen LogP contribution in [0.1, 0.15) is 21.9 Å². The topological polar surface area (TPSA) is 80.7 Å². The molecule has 0 saturated carbocycles. The van der Waals surface area contributed by atoms with E-state index in [0.29, 0.717) is 5.13 Å². The van der Waals surface area contributed by atoms with Crippen molar-refractivity contribution >= 4 is 22.4 Å². The van der Waals surface area contributed by atoms with E-state index in [9.17, 15) is 4.79 Å². The van der Waals surface area contributed by atoms with Gasteiger partial charge < -0.3 is 0 Å². The zero-order valence-electron chi connectivity index (χ0n) is 12.1. The standard InChI is InChI=1S/C15H13N5OS/c1-9-7-18-12(8-17-9)14(21)20-15-19-10(2)13(22-15)11-5-3-4-6-16-11/h3-8H,1-2H3,(H,19,20,21). The van der Waals surface area contributed by atoms with Crippen LogP contribution >= 0.6 is 11.3 Å². The van der Waals surface area contributed by atoms with Crippen molar-refractivity contribution in [1.82, 2.24) is 19.9 Å². The van der Waals surface area contributed by atoms with Crippen molar-refractivity contribution in [2.45, 2.75) is 13.8 Å². The van der Waals surface area contributed by atoms with Gasteiger partial charge in [0, 0.05) is 12.4 Å². The van der Waals surface area contributed by atoms with Crippen LogP contribution in [0.5, 0.6) is 0 Å². The average Bonchev–Trinajstić information content (AvgIpc) is 2.89. The third-order valence-corrected chi connectivity index (χ3v) is 4.02. The summed E-state index contributed by atoms with van der Waals surface area (Å²) in [4.78, 5) is 29.8. The molecule has 6 nitrogen and oxygen atoms in total. The maximum atomic E-state index is 12.1. The Morgan fingerprint density at radius 3 is 2.68 bits per heavy atom. The van der Waals surface area contributed by atoms with Gasteiger partial charge in [-0.2, -0.15) is 0 Å². The third kappa shape index (κ3) is 2.99. The number of nitrogens with zero attached hydrogens (tertiary/aromatic N) is 4. The Morgan fingerprint density at radius 1 is 1.14 bits per heavy atom. The summed E-state index contributed by atoms with van der Waals surface area (Å²) < 4.78 is 0. The Balaban J connectivity index is 1.82. The second-order valence-electron chi connectivity index (χ2n) is 4.65. The predicted octanol–water partition coefficient (Wildman–Crippen LogP) is 2.86. The highest BCUT2D eigenvalue weighted by Gasteiger charge is 2.14. The minimum absolute atomic E-state index is 0.262. The summed E-state index contributed by atoms with van der Waals surface area (Å²) in [6.45, 7) is 3.71. The monoisotopic (exact) mass is 311 g/mol. The molecule has 0 radical (unpaired) electrons. The molecule has 110 valence electrons. The first-order chi connectivity index (χ1) is 10.6. The maximum Gasteiger partial charge on any atom is 0.277 e. The van der Waals surface area contributed by atoms with Crippen LogP contribution in [-0.2, 0) is 0 Å². The van der Waals surface area contributed by atoms with Crippen LogP contribution < -0.4 is 5.32 Å². The zero-order valence-corrected chi connectivity index (χ0v) is 12.9. The van der Waals surface area contributed by atoms with Crippen molar-refractivity contribution in [2.75, 3.05) is 5.32 Å². The number of rotatable bonds is 3. The van der Waals surface area contributed by atoms with Crippen molar-refractivity contribution < 1.29 is 4.79 Å². The first-order valence-electron chi connectivity index (χ1n) is 6.62. The van der Waals surface area contributed by atoms with E-state index >= 15 is 0 Å². The smallest absolute Gasteiger partial charge is 0.277 e. The number of hydrogen-bond acceptors (Lipinski definition) is 6. The fourth-order valence-corrected chi connectivity index (χ4v) is 2.79. The molecule has 0 saturated heterocycles. The Morgan fingerprint density at radius 2 is 2.00 bits per heavy atom. The molecule has 0 aliphatic heterocycles. The van der Waals surface area contributed by atoms with E-state index in [1.54, 1.807) is 12.4 Å². The fourth-order valence-electron chi connectivity index (χ4n) is 1.86. The fraction of sp³-hybridized carbons (Fsp3) is 0.133. The lowest BCUT2D eigenvalue weighted by molar-refractivity contribution is 0.102. The van der Waals surface area contributed by atoms with Gasteiger partial charge in [0.15, 0.2) is 5.13 Å². The summed E-state index contributed by atoms with van der Waals surface area (Å²) in [5.41, 5.74) is 2.69. The lowest BCUT2D eigenvalue weighted by atomic mass is 10.3. The highest BCUT2D eigenvalue weighted by molar-refractivity contribution is 7.19. The molecule has 3 aromatic heterocycles. The molecular formula is C15H13N5OS. The molecule has 0 bridgehead atoms. The van der Waals surface area contributed by atoms with Gasteiger partial charge in [0.25, 0.3) is 5.91 Å². The normalized spacial score (nSPS) is 10.5. The van der Waals surface area contributed by atoms with E-state index in [4.69, 9.17) is 0 Å². The first-order valence-corrected chi connectivity index (χ1v) is 7.44. The molecule has 0 aliphatic rings. The number of pyridine rings is 1. The Labute approximate surface area is 131 Å². The van der Waals surface area contributed by atoms with Crippen LogP contribution in [0, 0.1) is 13.8 Å². The first kappa shape index (κ1) is 14.3. The number of aryl methyl sites for hydroxylation is 2. The van der Waals surface area contributed by atoms with Crippen molar-refractivity contribution in [3.05, 3.63) is 53.9 Å². The minimum atomic E-state index is -0.325. The zero-order chi connectivity index (χ0) is 15.5. The average molecular weight is 311 g/mol. The molecule has 1 amide bonds. The van der Waals surface area contributed by atoms with Gasteiger partial charge in [-0.3, -0.25) is 20.1 Å². The largest absolute Gasteiger partial charge is 0.296 e. The predicted molar refractivity (Wildman–Crippen MR) is 84.8 cm³/mol. The van der Waals surface area contributed by atoms with Crippen molar-refractivity contribution in [3.8, 4) is 10.6 Å². The Hall–Kier alpha value is -2.67. The Kier molecular flexibility index (Phi) is 3.88. The summed E-state index contributed by atoms with van der Waals surface area (Å²) in [6.07, 6.45) is 4.74. The second kappa shape index (κ2) is 5.98. The summed E-state index contributed by atoms with van der Waals surface area (Å²) in [5, 5.41) is 3.27. The summed E-state index contributed by atoms with van der Waals surface area (Å²) in [6, 6.07) is 5.69. The van der Waals surface area contributed by atoms with Gasteiger partial charge in [0.2, 0.25) is 0 Å². The van der Waals surface area contributed by atoms with E-state index in [0.717, 1.165) is 22.0 Å². The van der Waals surface area contributed by atoms with Crippen LogP contribution in [0.25, 0.3) is 10.6 Å². The summed E-state index contributed by atoms with van der Waals surface area (Å²) in [5.74, 6) is -0.325. The van der Waals surface area contributed by atoms with Gasteiger partial charge >= 0.3 is 0 Å². The van der Waals surface area contributed by atoms with Crippen LogP contribution in [-0.4, -0.2) is 25.8 Å². The second-order valence-corrected chi connectivity index (χ2v) is 5.64. The van der Waals surface area contributed by atoms with Crippen molar-refractivity contribution in [2.24, 2.45) is 0 Å². The van der Waals surface area contributed by atoms with Gasteiger partial charge in [0.1, 0.15) is 5.69 Å². The van der Waals surface area contributed by atoms with Gasteiger partial charge in [-0.15, -0.1) is 0 Å². The molecule has 3 aromatic rings. The minimum Gasteiger partial charge on any atom is -0.296 e. The van der Waals surface area contributed by atoms with Crippen molar-refractivity contribution in [3.63, 3.8) is 0 Å². The molecule has 3 rings (SSSR count). The number of nitrogens with one attached hydrogen (secondary N) is 1. The number of aromatic nitrogens is 4. The van der Waals surface area contributed by atoms with Gasteiger partial charge in [-0.25, -0.2) is 9.97 Å². The van der Waals surface area contributed by atoms with Crippen LogP contribution in [0.15, 0.2) is 36.8 Å². The Bertz CT molecular complexity index is 799. The highest BCUT2D eigenvalue weighted by atomic mass is 32.1. The van der Waals surface area contributed by atoms with Crippen LogP contribution in [0.2, 0.25) is 0 Å². The highest BCUT2D eigenvalue weighted by Crippen LogP contribution is 2.31. The molecule has 0 aliphatic carbocycles.